The van der Waals surface area contributed by atoms with Gasteiger partial charge in [-0.2, -0.15) is 0 Å². The summed E-state index contributed by atoms with van der Waals surface area (Å²) in [5.41, 5.74) is 0.348. The third-order valence-electron chi connectivity index (χ3n) is 2.55. The van der Waals surface area contributed by atoms with Crippen LogP contribution in [-0.2, 0) is 9.53 Å². The number of ether oxygens (including phenoxy) is 3. The minimum atomic E-state index is -0.446. The number of nitrogens with one attached hydrogen (secondary N) is 1. The van der Waals surface area contributed by atoms with E-state index in [4.69, 9.17) is 9.47 Å². The molecule has 1 amide bonds. The van der Waals surface area contributed by atoms with Gasteiger partial charge in [0, 0.05) is 6.54 Å². The molecule has 0 fully saturated rings. The Morgan fingerprint density at radius 2 is 1.95 bits per heavy atom. The molecule has 0 aromatic heterocycles. The van der Waals surface area contributed by atoms with E-state index in [9.17, 15) is 9.59 Å². The molecule has 1 atom stereocenters. The van der Waals surface area contributed by atoms with E-state index in [-0.39, 0.29) is 18.4 Å². The summed E-state index contributed by atoms with van der Waals surface area (Å²) >= 11 is 1.91. The zero-order valence-corrected chi connectivity index (χ0v) is 13.6. The Bertz CT molecular complexity index is 492. The zero-order chi connectivity index (χ0) is 15.1. The standard InChI is InChI=1S/C13H16INO5/c1-18-10-6-4-5-8(11(10)19-2)12(16)15-7-9(14)13(17)20-3/h4-6,9H,7H2,1-3H3,(H,15,16). The summed E-state index contributed by atoms with van der Waals surface area (Å²) < 4.78 is 14.5. The number of esters is 1. The summed E-state index contributed by atoms with van der Waals surface area (Å²) in [7, 11) is 4.27. The van der Waals surface area contributed by atoms with E-state index >= 15 is 0 Å². The van der Waals surface area contributed by atoms with Crippen molar-refractivity contribution >= 4 is 34.5 Å². The molecule has 1 unspecified atom stereocenters. The maximum absolute atomic E-state index is 12.1. The van der Waals surface area contributed by atoms with Crippen LogP contribution >= 0.6 is 22.6 Å². The Morgan fingerprint density at radius 3 is 2.50 bits per heavy atom. The number of carbonyl (C=O) groups is 2. The molecule has 0 saturated heterocycles. The quantitative estimate of drug-likeness (QED) is 0.450. The van der Waals surface area contributed by atoms with Crippen molar-refractivity contribution in [3.8, 4) is 11.5 Å². The SMILES string of the molecule is COC(=O)C(I)CNC(=O)c1cccc(OC)c1OC. The number of benzene rings is 1. The third kappa shape index (κ3) is 3.99. The molecule has 0 aliphatic carbocycles. The van der Waals surface area contributed by atoms with E-state index in [0.29, 0.717) is 17.1 Å². The van der Waals surface area contributed by atoms with Gasteiger partial charge < -0.3 is 19.5 Å². The summed E-state index contributed by atoms with van der Waals surface area (Å²) in [5, 5.41) is 2.66. The normalized spacial score (nSPS) is 11.4. The second-order valence-corrected chi connectivity index (χ2v) is 5.25. The van der Waals surface area contributed by atoms with E-state index in [1.807, 2.05) is 22.6 Å². The first-order valence-electron chi connectivity index (χ1n) is 5.76. The van der Waals surface area contributed by atoms with Crippen LogP contribution in [-0.4, -0.2) is 43.7 Å². The maximum Gasteiger partial charge on any atom is 0.320 e. The van der Waals surface area contributed by atoms with Crippen molar-refractivity contribution in [3.05, 3.63) is 23.8 Å². The van der Waals surface area contributed by atoms with E-state index in [0.717, 1.165) is 0 Å². The topological polar surface area (TPSA) is 73.9 Å². The first-order chi connectivity index (χ1) is 9.54. The van der Waals surface area contributed by atoms with Crippen molar-refractivity contribution < 1.29 is 23.8 Å². The number of hydrogen-bond acceptors (Lipinski definition) is 5. The van der Waals surface area contributed by atoms with Crippen LogP contribution in [0.5, 0.6) is 11.5 Å². The lowest BCUT2D eigenvalue weighted by Gasteiger charge is -2.13. The van der Waals surface area contributed by atoms with Crippen molar-refractivity contribution in [1.82, 2.24) is 5.32 Å². The number of amides is 1. The molecule has 0 heterocycles. The molecule has 1 rings (SSSR count). The highest BCUT2D eigenvalue weighted by Gasteiger charge is 2.19. The number of halogens is 1. The first-order valence-corrected chi connectivity index (χ1v) is 7.00. The lowest BCUT2D eigenvalue weighted by atomic mass is 10.1. The summed E-state index contributed by atoms with van der Waals surface area (Å²) in [6.45, 7) is 0.173. The second-order valence-electron chi connectivity index (χ2n) is 3.74. The van der Waals surface area contributed by atoms with Gasteiger partial charge in [0.15, 0.2) is 11.5 Å². The average molecular weight is 393 g/mol. The van der Waals surface area contributed by atoms with Crippen LogP contribution < -0.4 is 14.8 Å². The second kappa shape index (κ2) is 7.93. The summed E-state index contributed by atoms with van der Waals surface area (Å²) in [6.07, 6.45) is 0. The van der Waals surface area contributed by atoms with E-state index in [1.165, 1.54) is 21.3 Å². The fraction of sp³-hybridized carbons (Fsp3) is 0.385. The molecule has 20 heavy (non-hydrogen) atoms. The molecule has 0 aliphatic heterocycles. The Kier molecular flexibility index (Phi) is 6.56. The van der Waals surface area contributed by atoms with Crippen LogP contribution in [0.2, 0.25) is 0 Å². The van der Waals surface area contributed by atoms with Crippen LogP contribution in [0.25, 0.3) is 0 Å². The van der Waals surface area contributed by atoms with Gasteiger partial charge in [-0.15, -0.1) is 0 Å². The molecule has 7 heteroatoms. The van der Waals surface area contributed by atoms with Gasteiger partial charge in [0.25, 0.3) is 5.91 Å². The predicted octanol–water partition coefficient (Wildman–Crippen LogP) is 1.41. The largest absolute Gasteiger partial charge is 0.493 e. The lowest BCUT2D eigenvalue weighted by Crippen LogP contribution is -2.34. The van der Waals surface area contributed by atoms with Gasteiger partial charge in [0.05, 0.1) is 26.9 Å². The van der Waals surface area contributed by atoms with Crippen LogP contribution in [0.4, 0.5) is 0 Å². The van der Waals surface area contributed by atoms with E-state index in [2.05, 4.69) is 10.1 Å². The molecule has 0 radical (unpaired) electrons. The zero-order valence-electron chi connectivity index (χ0n) is 11.4. The number of para-hydroxylation sites is 1. The Hall–Kier alpha value is -1.51. The molecule has 0 aliphatic rings. The third-order valence-corrected chi connectivity index (χ3v) is 3.50. The molecule has 1 aromatic rings. The molecular weight excluding hydrogens is 377 g/mol. The van der Waals surface area contributed by atoms with Crippen molar-refractivity contribution in [1.29, 1.82) is 0 Å². The van der Waals surface area contributed by atoms with Gasteiger partial charge in [-0.25, -0.2) is 0 Å². The molecule has 0 spiro atoms. The number of alkyl halides is 1. The fourth-order valence-corrected chi connectivity index (χ4v) is 2.03. The van der Waals surface area contributed by atoms with Crippen LogP contribution in [0.1, 0.15) is 10.4 Å². The van der Waals surface area contributed by atoms with Crippen molar-refractivity contribution in [2.75, 3.05) is 27.9 Å². The molecule has 6 nitrogen and oxygen atoms in total. The maximum atomic E-state index is 12.1. The molecule has 0 saturated carbocycles. The van der Waals surface area contributed by atoms with Gasteiger partial charge in [0.2, 0.25) is 0 Å². The Labute approximate surface area is 130 Å². The highest BCUT2D eigenvalue weighted by atomic mass is 127. The number of rotatable bonds is 6. The molecular formula is C13H16INO5. The average Bonchev–Trinajstić information content (AvgIpc) is 2.50. The highest BCUT2D eigenvalue weighted by molar-refractivity contribution is 14.1. The molecule has 110 valence electrons. The molecule has 1 aromatic carbocycles. The lowest BCUT2D eigenvalue weighted by molar-refractivity contribution is -0.139. The number of hydrogen-bond donors (Lipinski definition) is 1. The Morgan fingerprint density at radius 1 is 1.25 bits per heavy atom. The van der Waals surface area contributed by atoms with Crippen molar-refractivity contribution in [2.24, 2.45) is 0 Å². The summed E-state index contributed by atoms with van der Waals surface area (Å²) in [4.78, 5) is 23.4. The van der Waals surface area contributed by atoms with Gasteiger partial charge in [0.1, 0.15) is 3.92 Å². The van der Waals surface area contributed by atoms with Gasteiger partial charge >= 0.3 is 5.97 Å². The molecule has 0 bridgehead atoms. The summed E-state index contributed by atoms with van der Waals surface area (Å²) in [5.74, 6) is 0.101. The van der Waals surface area contributed by atoms with Gasteiger partial charge in [-0.1, -0.05) is 28.7 Å². The fourth-order valence-electron chi connectivity index (χ4n) is 1.55. The number of methoxy groups -OCH3 is 3. The predicted molar refractivity (Wildman–Crippen MR) is 81.7 cm³/mol. The van der Waals surface area contributed by atoms with Crippen LogP contribution in [0.15, 0.2) is 18.2 Å². The van der Waals surface area contributed by atoms with Crippen molar-refractivity contribution in [3.63, 3.8) is 0 Å². The summed E-state index contributed by atoms with van der Waals surface area (Å²) in [6, 6.07) is 5.01. The minimum absolute atomic E-state index is 0.173. The van der Waals surface area contributed by atoms with Crippen LogP contribution in [0, 0.1) is 0 Å². The number of carbonyl (C=O) groups excluding carboxylic acids is 2. The Balaban J connectivity index is 2.80. The highest BCUT2D eigenvalue weighted by Crippen LogP contribution is 2.30. The van der Waals surface area contributed by atoms with Gasteiger partial charge in [-0.05, 0) is 12.1 Å². The molecule has 1 N–H and O–H groups in total. The van der Waals surface area contributed by atoms with Gasteiger partial charge in [-0.3, -0.25) is 9.59 Å². The van der Waals surface area contributed by atoms with E-state index in [1.54, 1.807) is 18.2 Å². The van der Waals surface area contributed by atoms with E-state index < -0.39 is 3.92 Å². The first kappa shape index (κ1) is 16.5. The van der Waals surface area contributed by atoms with Crippen LogP contribution in [0.3, 0.4) is 0 Å². The monoisotopic (exact) mass is 393 g/mol. The van der Waals surface area contributed by atoms with Crippen molar-refractivity contribution in [2.45, 2.75) is 3.92 Å². The minimum Gasteiger partial charge on any atom is -0.493 e. The smallest absolute Gasteiger partial charge is 0.320 e.